The Hall–Kier alpha value is -3.61. The van der Waals surface area contributed by atoms with Gasteiger partial charge in [-0.05, 0) is 36.8 Å². The quantitative estimate of drug-likeness (QED) is 0.469. The maximum atomic E-state index is 13.3. The van der Waals surface area contributed by atoms with Crippen LogP contribution < -0.4 is 4.74 Å². The van der Waals surface area contributed by atoms with Crippen molar-refractivity contribution in [2.75, 3.05) is 20.2 Å². The number of carbonyl (C=O) groups excluding carboxylic acids is 2. The molecule has 7 heteroatoms. The summed E-state index contributed by atoms with van der Waals surface area (Å²) in [6.45, 7) is 1.29. The van der Waals surface area contributed by atoms with Crippen LogP contribution in [0.4, 0.5) is 0 Å². The largest absolute Gasteiger partial charge is 0.496 e. The molecule has 0 atom stereocenters. The molecule has 0 bridgehead atoms. The summed E-state index contributed by atoms with van der Waals surface area (Å²) in [7, 11) is 1.48. The third kappa shape index (κ3) is 4.17. The zero-order valence-electron chi connectivity index (χ0n) is 17.3. The second-order valence-corrected chi connectivity index (χ2v) is 7.86. The molecule has 1 aromatic heterocycles. The smallest absolute Gasteiger partial charge is 0.377 e. The van der Waals surface area contributed by atoms with E-state index < -0.39 is 11.8 Å². The van der Waals surface area contributed by atoms with E-state index >= 15 is 0 Å². The Balaban J connectivity index is 1.54. The predicted octanol–water partition coefficient (Wildman–Crippen LogP) is 3.54. The van der Waals surface area contributed by atoms with Crippen LogP contribution in [-0.2, 0) is 11.2 Å². The van der Waals surface area contributed by atoms with Gasteiger partial charge in [0.2, 0.25) is 0 Å². The van der Waals surface area contributed by atoms with Crippen molar-refractivity contribution in [1.29, 1.82) is 0 Å². The number of carboxylic acids is 1. The van der Waals surface area contributed by atoms with Crippen LogP contribution in [-0.4, -0.2) is 52.8 Å². The predicted molar refractivity (Wildman–Crippen MR) is 116 cm³/mol. The van der Waals surface area contributed by atoms with Gasteiger partial charge in [0, 0.05) is 36.3 Å². The van der Waals surface area contributed by atoms with E-state index in [4.69, 9.17) is 9.84 Å². The van der Waals surface area contributed by atoms with Gasteiger partial charge in [-0.15, -0.1) is 0 Å². The Morgan fingerprint density at radius 2 is 1.81 bits per heavy atom. The number of ether oxygens (including phenoxy) is 1. The number of Topliss-reactive ketones (excluding diaryl/α,β-unsaturated/α-hetero) is 1. The Kier molecular flexibility index (Phi) is 5.75. The molecule has 1 saturated heterocycles. The number of aromatic amines is 1. The molecule has 2 N–H and O–H groups in total. The first-order valence-corrected chi connectivity index (χ1v) is 10.3. The number of ketones is 1. The van der Waals surface area contributed by atoms with E-state index in [1.165, 1.54) is 18.9 Å². The molecule has 1 aliphatic rings. The molecule has 2 heterocycles. The third-order valence-electron chi connectivity index (χ3n) is 5.94. The van der Waals surface area contributed by atoms with Crippen LogP contribution in [0.5, 0.6) is 5.75 Å². The first-order valence-electron chi connectivity index (χ1n) is 10.3. The number of hydrogen-bond acceptors (Lipinski definition) is 4. The molecule has 0 unspecified atom stereocenters. The lowest BCUT2D eigenvalue weighted by Crippen LogP contribution is -2.39. The second-order valence-electron chi connectivity index (χ2n) is 7.86. The van der Waals surface area contributed by atoms with E-state index in [1.54, 1.807) is 17.0 Å². The number of rotatable bonds is 6. The molecule has 0 spiro atoms. The highest BCUT2D eigenvalue weighted by molar-refractivity contribution is 6.42. The summed E-state index contributed by atoms with van der Waals surface area (Å²) in [6.07, 6.45) is 4.18. The number of methoxy groups -OCH3 is 1. The van der Waals surface area contributed by atoms with Crippen molar-refractivity contribution in [3.63, 3.8) is 0 Å². The van der Waals surface area contributed by atoms with Crippen LogP contribution in [0.2, 0.25) is 0 Å². The number of carbonyl (C=O) groups is 3. The standard InChI is InChI=1S/C24H24N2O5/c1-31-21-13-20-17(19(14-25-20)22(27)24(29)30)12-18(21)23(28)26-9-7-16(8-10-26)11-15-5-3-2-4-6-15/h2-6,12-14,16,25H,7-11H2,1H3,(H,29,30). The lowest BCUT2D eigenvalue weighted by Gasteiger charge is -2.32. The highest BCUT2D eigenvalue weighted by Gasteiger charge is 2.27. The van der Waals surface area contributed by atoms with E-state index in [9.17, 15) is 14.4 Å². The van der Waals surface area contributed by atoms with Gasteiger partial charge in [0.05, 0.1) is 18.2 Å². The number of amides is 1. The number of nitrogens with one attached hydrogen (secondary N) is 1. The molecule has 7 nitrogen and oxygen atoms in total. The number of H-pyrrole nitrogens is 1. The number of aliphatic carboxylic acids is 1. The van der Waals surface area contributed by atoms with E-state index in [1.807, 2.05) is 18.2 Å². The van der Waals surface area contributed by atoms with Gasteiger partial charge in [-0.2, -0.15) is 0 Å². The fraction of sp³-hybridized carbons (Fsp3) is 0.292. The van der Waals surface area contributed by atoms with Crippen molar-refractivity contribution in [2.24, 2.45) is 5.92 Å². The molecule has 1 amide bonds. The van der Waals surface area contributed by atoms with E-state index in [0.717, 1.165) is 19.3 Å². The molecule has 0 radical (unpaired) electrons. The third-order valence-corrected chi connectivity index (χ3v) is 5.94. The van der Waals surface area contributed by atoms with Gasteiger partial charge >= 0.3 is 5.97 Å². The summed E-state index contributed by atoms with van der Waals surface area (Å²) in [5.41, 5.74) is 2.21. The van der Waals surface area contributed by atoms with Crippen molar-refractivity contribution >= 4 is 28.6 Å². The highest BCUT2D eigenvalue weighted by atomic mass is 16.5. The molecule has 160 valence electrons. The Morgan fingerprint density at radius 3 is 2.45 bits per heavy atom. The monoisotopic (exact) mass is 420 g/mol. The average Bonchev–Trinajstić information content (AvgIpc) is 3.21. The van der Waals surface area contributed by atoms with E-state index in [2.05, 4.69) is 17.1 Å². The van der Waals surface area contributed by atoms with Crippen LogP contribution in [0.15, 0.2) is 48.7 Å². The second kappa shape index (κ2) is 8.63. The fourth-order valence-electron chi connectivity index (χ4n) is 4.25. The number of hydrogen-bond donors (Lipinski definition) is 2. The van der Waals surface area contributed by atoms with Crippen LogP contribution in [0.1, 0.15) is 39.1 Å². The summed E-state index contributed by atoms with van der Waals surface area (Å²) in [4.78, 5) is 41.1. The number of carboxylic acid groups (broad SMARTS) is 1. The molecular formula is C24H24N2O5. The lowest BCUT2D eigenvalue weighted by atomic mass is 9.90. The molecule has 4 rings (SSSR count). The van der Waals surface area contributed by atoms with Gasteiger partial charge < -0.3 is 19.7 Å². The zero-order chi connectivity index (χ0) is 22.0. The first-order chi connectivity index (χ1) is 15.0. The fourth-order valence-corrected chi connectivity index (χ4v) is 4.25. The van der Waals surface area contributed by atoms with Gasteiger partial charge in [0.25, 0.3) is 11.7 Å². The van der Waals surface area contributed by atoms with Gasteiger partial charge in [-0.3, -0.25) is 9.59 Å². The maximum absolute atomic E-state index is 13.3. The van der Waals surface area contributed by atoms with Crippen molar-refractivity contribution in [2.45, 2.75) is 19.3 Å². The molecule has 3 aromatic rings. The van der Waals surface area contributed by atoms with Crippen molar-refractivity contribution < 1.29 is 24.2 Å². The summed E-state index contributed by atoms with van der Waals surface area (Å²) >= 11 is 0. The van der Waals surface area contributed by atoms with Crippen LogP contribution in [0.3, 0.4) is 0 Å². The normalized spacial score (nSPS) is 14.5. The minimum absolute atomic E-state index is 0.0285. The van der Waals surface area contributed by atoms with Crippen molar-refractivity contribution in [1.82, 2.24) is 9.88 Å². The topological polar surface area (TPSA) is 99.7 Å². The summed E-state index contributed by atoms with van der Waals surface area (Å²) in [6, 6.07) is 13.5. The molecule has 0 saturated carbocycles. The average molecular weight is 420 g/mol. The van der Waals surface area contributed by atoms with Gasteiger partial charge in [0.1, 0.15) is 5.75 Å². The maximum Gasteiger partial charge on any atom is 0.377 e. The Bertz CT molecular complexity index is 1130. The summed E-state index contributed by atoms with van der Waals surface area (Å²) < 4.78 is 5.41. The Labute approximate surface area is 179 Å². The first kappa shape index (κ1) is 20.7. The van der Waals surface area contributed by atoms with Crippen LogP contribution in [0.25, 0.3) is 10.9 Å². The Morgan fingerprint density at radius 1 is 1.10 bits per heavy atom. The number of nitrogens with zero attached hydrogens (tertiary/aromatic N) is 1. The van der Waals surface area contributed by atoms with Gasteiger partial charge in [0.15, 0.2) is 0 Å². The minimum Gasteiger partial charge on any atom is -0.496 e. The number of aromatic nitrogens is 1. The molecule has 1 fully saturated rings. The van der Waals surface area contributed by atoms with Crippen LogP contribution in [0, 0.1) is 5.92 Å². The van der Waals surface area contributed by atoms with E-state index in [-0.39, 0.29) is 11.5 Å². The number of piperidine rings is 1. The van der Waals surface area contributed by atoms with E-state index in [0.29, 0.717) is 41.2 Å². The SMILES string of the molecule is COc1cc2[nH]cc(C(=O)C(=O)O)c2cc1C(=O)N1CCC(Cc2ccccc2)CC1. The van der Waals surface area contributed by atoms with Crippen LogP contribution >= 0.6 is 0 Å². The number of fused-ring (bicyclic) bond motifs is 1. The van der Waals surface area contributed by atoms with Crippen molar-refractivity contribution in [3.05, 3.63) is 65.4 Å². The number of benzene rings is 2. The summed E-state index contributed by atoms with van der Waals surface area (Å²) in [5, 5.41) is 9.46. The van der Waals surface area contributed by atoms with Gasteiger partial charge in [-0.25, -0.2) is 4.79 Å². The lowest BCUT2D eigenvalue weighted by molar-refractivity contribution is -0.131. The molecule has 1 aliphatic heterocycles. The highest BCUT2D eigenvalue weighted by Crippen LogP contribution is 2.31. The van der Waals surface area contributed by atoms with Gasteiger partial charge in [-0.1, -0.05) is 30.3 Å². The molecule has 31 heavy (non-hydrogen) atoms. The zero-order valence-corrected chi connectivity index (χ0v) is 17.3. The summed E-state index contributed by atoms with van der Waals surface area (Å²) in [5.74, 6) is -1.81. The molecule has 2 aromatic carbocycles. The number of likely N-dealkylation sites (tertiary alicyclic amines) is 1. The molecular weight excluding hydrogens is 396 g/mol. The molecule has 0 aliphatic carbocycles. The minimum atomic E-state index is -1.54. The van der Waals surface area contributed by atoms with Crippen molar-refractivity contribution in [3.8, 4) is 5.75 Å².